The van der Waals surface area contributed by atoms with Gasteiger partial charge in [0.2, 0.25) is 10.0 Å². The van der Waals surface area contributed by atoms with Crippen LogP contribution in [0.5, 0.6) is 5.75 Å². The summed E-state index contributed by atoms with van der Waals surface area (Å²) in [6, 6.07) is 12.3. The highest BCUT2D eigenvalue weighted by molar-refractivity contribution is 7.98. The SMILES string of the molecule is CSc1ccc(S(=O)(=O)NCCOc2ccccc2C)cc1C(=O)N1CCCC1. The van der Waals surface area contributed by atoms with E-state index >= 15 is 0 Å². The van der Waals surface area contributed by atoms with Crippen LogP contribution >= 0.6 is 11.8 Å². The van der Waals surface area contributed by atoms with E-state index in [1.54, 1.807) is 11.0 Å². The summed E-state index contributed by atoms with van der Waals surface area (Å²) >= 11 is 1.44. The third kappa shape index (κ3) is 5.32. The van der Waals surface area contributed by atoms with E-state index in [1.165, 1.54) is 23.9 Å². The lowest BCUT2D eigenvalue weighted by Crippen LogP contribution is -2.30. The summed E-state index contributed by atoms with van der Waals surface area (Å²) in [6.45, 7) is 3.73. The van der Waals surface area contributed by atoms with Crippen molar-refractivity contribution in [2.75, 3.05) is 32.5 Å². The van der Waals surface area contributed by atoms with E-state index in [1.807, 2.05) is 37.4 Å². The summed E-state index contributed by atoms with van der Waals surface area (Å²) in [5.41, 5.74) is 1.44. The number of aryl methyl sites for hydroxylation is 1. The number of thioether (sulfide) groups is 1. The number of para-hydroxylation sites is 1. The Morgan fingerprint density at radius 3 is 2.59 bits per heavy atom. The van der Waals surface area contributed by atoms with E-state index < -0.39 is 10.0 Å². The molecule has 3 rings (SSSR count). The number of carbonyl (C=O) groups is 1. The average molecular weight is 435 g/mol. The van der Waals surface area contributed by atoms with Gasteiger partial charge in [0, 0.05) is 24.5 Å². The van der Waals surface area contributed by atoms with Gasteiger partial charge in [0.05, 0.1) is 10.5 Å². The second-order valence-electron chi connectivity index (χ2n) is 6.87. The number of hydrogen-bond donors (Lipinski definition) is 1. The molecule has 1 aliphatic heterocycles. The molecule has 0 aromatic heterocycles. The van der Waals surface area contributed by atoms with Gasteiger partial charge in [-0.2, -0.15) is 0 Å². The number of hydrogen-bond acceptors (Lipinski definition) is 5. The van der Waals surface area contributed by atoms with E-state index in [0.29, 0.717) is 5.56 Å². The molecule has 1 heterocycles. The Balaban J connectivity index is 1.68. The molecule has 2 aromatic carbocycles. The Morgan fingerprint density at radius 2 is 1.90 bits per heavy atom. The number of benzene rings is 2. The zero-order chi connectivity index (χ0) is 20.9. The predicted octanol–water partition coefficient (Wildman–Crippen LogP) is 3.31. The average Bonchev–Trinajstić information content (AvgIpc) is 3.26. The number of likely N-dealkylation sites (tertiary alicyclic amines) is 1. The number of carbonyl (C=O) groups excluding carboxylic acids is 1. The highest BCUT2D eigenvalue weighted by Crippen LogP contribution is 2.26. The van der Waals surface area contributed by atoms with Crippen molar-refractivity contribution in [2.45, 2.75) is 29.6 Å². The Kier molecular flexibility index (Phi) is 7.21. The summed E-state index contributed by atoms with van der Waals surface area (Å²) in [5, 5.41) is 0. The summed E-state index contributed by atoms with van der Waals surface area (Å²) in [7, 11) is -3.74. The number of sulfonamides is 1. The van der Waals surface area contributed by atoms with Crippen LogP contribution in [0.25, 0.3) is 0 Å². The van der Waals surface area contributed by atoms with Crippen molar-refractivity contribution < 1.29 is 17.9 Å². The monoisotopic (exact) mass is 434 g/mol. The Morgan fingerprint density at radius 1 is 1.17 bits per heavy atom. The molecule has 0 aliphatic carbocycles. The topological polar surface area (TPSA) is 75.7 Å². The summed E-state index contributed by atoms with van der Waals surface area (Å²) < 4.78 is 33.6. The molecule has 2 aromatic rings. The van der Waals surface area contributed by atoms with Gasteiger partial charge in [0.15, 0.2) is 0 Å². The van der Waals surface area contributed by atoms with Crippen LogP contribution in [-0.4, -0.2) is 51.7 Å². The second-order valence-corrected chi connectivity index (χ2v) is 9.49. The van der Waals surface area contributed by atoms with Gasteiger partial charge in [-0.15, -0.1) is 11.8 Å². The van der Waals surface area contributed by atoms with Gasteiger partial charge in [-0.25, -0.2) is 13.1 Å². The minimum Gasteiger partial charge on any atom is -0.492 e. The third-order valence-corrected chi connectivity index (χ3v) is 7.10. The minimum absolute atomic E-state index is 0.0914. The van der Waals surface area contributed by atoms with Gasteiger partial charge >= 0.3 is 0 Å². The number of rotatable bonds is 8. The van der Waals surface area contributed by atoms with Gasteiger partial charge in [-0.3, -0.25) is 4.79 Å². The highest BCUT2D eigenvalue weighted by atomic mass is 32.2. The molecule has 1 aliphatic rings. The maximum atomic E-state index is 12.8. The molecule has 29 heavy (non-hydrogen) atoms. The molecular weight excluding hydrogens is 408 g/mol. The fourth-order valence-electron chi connectivity index (χ4n) is 3.25. The van der Waals surface area contributed by atoms with Crippen LogP contribution in [0.4, 0.5) is 0 Å². The maximum absolute atomic E-state index is 12.8. The van der Waals surface area contributed by atoms with E-state index in [9.17, 15) is 13.2 Å². The molecular formula is C21H26N2O4S2. The summed E-state index contributed by atoms with van der Waals surface area (Å²) in [6.07, 6.45) is 3.85. The van der Waals surface area contributed by atoms with Crippen molar-refractivity contribution in [1.82, 2.24) is 9.62 Å². The van der Waals surface area contributed by atoms with Gasteiger partial charge in [-0.1, -0.05) is 18.2 Å². The first-order valence-electron chi connectivity index (χ1n) is 9.58. The molecule has 0 radical (unpaired) electrons. The molecule has 0 spiro atoms. The van der Waals surface area contributed by atoms with Crippen LogP contribution in [0.3, 0.4) is 0 Å². The maximum Gasteiger partial charge on any atom is 0.255 e. The molecule has 0 atom stereocenters. The molecule has 8 heteroatoms. The smallest absolute Gasteiger partial charge is 0.255 e. The van der Waals surface area contributed by atoms with Crippen LogP contribution in [-0.2, 0) is 10.0 Å². The first-order valence-corrected chi connectivity index (χ1v) is 12.3. The van der Waals surface area contributed by atoms with Crippen LogP contribution in [0.15, 0.2) is 52.3 Å². The lowest BCUT2D eigenvalue weighted by atomic mass is 10.2. The normalized spacial score (nSPS) is 14.2. The first-order chi connectivity index (χ1) is 13.9. The van der Waals surface area contributed by atoms with Gasteiger partial charge in [0.1, 0.15) is 12.4 Å². The van der Waals surface area contributed by atoms with E-state index in [2.05, 4.69) is 4.72 Å². The Hall–Kier alpha value is -2.03. The van der Waals surface area contributed by atoms with Gasteiger partial charge < -0.3 is 9.64 Å². The van der Waals surface area contributed by atoms with Gasteiger partial charge in [-0.05, 0) is 55.9 Å². The van der Waals surface area contributed by atoms with Crippen LogP contribution in [0, 0.1) is 6.92 Å². The van der Waals surface area contributed by atoms with E-state index in [0.717, 1.165) is 42.1 Å². The molecule has 156 valence electrons. The standard InChI is InChI=1S/C21H26N2O4S2/c1-16-7-3-4-8-19(16)27-14-11-22-29(25,26)17-9-10-20(28-2)18(15-17)21(24)23-12-5-6-13-23/h3-4,7-10,15,22H,5-6,11-14H2,1-2H3. The molecule has 1 N–H and O–H groups in total. The molecule has 1 saturated heterocycles. The van der Waals surface area contributed by atoms with Crippen LogP contribution < -0.4 is 9.46 Å². The number of nitrogens with one attached hydrogen (secondary N) is 1. The van der Waals surface area contributed by atoms with Crippen molar-refractivity contribution in [1.29, 1.82) is 0 Å². The fraction of sp³-hybridized carbons (Fsp3) is 0.381. The van der Waals surface area contributed by atoms with E-state index in [4.69, 9.17) is 4.74 Å². The molecule has 1 amide bonds. The minimum atomic E-state index is -3.74. The van der Waals surface area contributed by atoms with Crippen molar-refractivity contribution in [2.24, 2.45) is 0 Å². The molecule has 0 bridgehead atoms. The number of amides is 1. The number of ether oxygens (including phenoxy) is 1. The van der Waals surface area contributed by atoms with Crippen molar-refractivity contribution in [3.63, 3.8) is 0 Å². The zero-order valence-electron chi connectivity index (χ0n) is 16.7. The molecule has 6 nitrogen and oxygen atoms in total. The summed E-state index contributed by atoms with van der Waals surface area (Å²) in [5.74, 6) is 0.626. The zero-order valence-corrected chi connectivity index (χ0v) is 18.3. The number of nitrogens with zero attached hydrogens (tertiary/aromatic N) is 1. The highest BCUT2D eigenvalue weighted by Gasteiger charge is 2.24. The van der Waals surface area contributed by atoms with Crippen LogP contribution in [0.1, 0.15) is 28.8 Å². The molecule has 1 fully saturated rings. The van der Waals surface area contributed by atoms with Crippen molar-refractivity contribution in [3.05, 3.63) is 53.6 Å². The quantitative estimate of drug-likeness (QED) is 0.510. The fourth-order valence-corrected chi connectivity index (χ4v) is 4.86. The lowest BCUT2D eigenvalue weighted by molar-refractivity contribution is 0.0789. The van der Waals surface area contributed by atoms with Crippen molar-refractivity contribution >= 4 is 27.7 Å². The molecule has 0 unspecified atom stereocenters. The van der Waals surface area contributed by atoms with Crippen molar-refractivity contribution in [3.8, 4) is 5.75 Å². The van der Waals surface area contributed by atoms with Gasteiger partial charge in [0.25, 0.3) is 5.91 Å². The second kappa shape index (κ2) is 9.65. The van der Waals surface area contributed by atoms with E-state index in [-0.39, 0.29) is 24.0 Å². The Bertz CT molecular complexity index is 970. The lowest BCUT2D eigenvalue weighted by Gasteiger charge is -2.18. The summed E-state index contributed by atoms with van der Waals surface area (Å²) in [4.78, 5) is 15.5. The largest absolute Gasteiger partial charge is 0.492 e. The molecule has 0 saturated carbocycles. The van der Waals surface area contributed by atoms with Crippen LogP contribution in [0.2, 0.25) is 0 Å². The first kappa shape index (κ1) is 21.7. The Labute approximate surface area is 176 Å². The third-order valence-electron chi connectivity index (χ3n) is 4.85. The predicted molar refractivity (Wildman–Crippen MR) is 115 cm³/mol.